The standard InChI is InChI=1S/C14H21NO3/c1-10(2)7-8-17-14(16)11(3)18-13-6-4-5-12(15)9-13/h4-6,9-11H,7-8,15H2,1-3H3. The van der Waals surface area contributed by atoms with E-state index in [1.807, 2.05) is 0 Å². The Morgan fingerprint density at radius 3 is 2.67 bits per heavy atom. The van der Waals surface area contributed by atoms with Crippen molar-refractivity contribution in [3.05, 3.63) is 24.3 Å². The molecule has 0 aliphatic carbocycles. The van der Waals surface area contributed by atoms with Crippen LogP contribution in [-0.2, 0) is 9.53 Å². The maximum Gasteiger partial charge on any atom is 0.347 e. The van der Waals surface area contributed by atoms with Gasteiger partial charge in [0.2, 0.25) is 0 Å². The molecule has 18 heavy (non-hydrogen) atoms. The van der Waals surface area contributed by atoms with Gasteiger partial charge in [-0.3, -0.25) is 0 Å². The Balaban J connectivity index is 2.40. The first-order valence-corrected chi connectivity index (χ1v) is 6.18. The summed E-state index contributed by atoms with van der Waals surface area (Å²) in [7, 11) is 0. The zero-order valence-corrected chi connectivity index (χ0v) is 11.2. The molecule has 4 heteroatoms. The Labute approximate surface area is 108 Å². The Morgan fingerprint density at radius 1 is 1.33 bits per heavy atom. The maximum absolute atomic E-state index is 11.6. The molecule has 0 aliphatic rings. The second-order valence-electron chi connectivity index (χ2n) is 4.68. The average molecular weight is 251 g/mol. The molecule has 0 aliphatic heterocycles. The van der Waals surface area contributed by atoms with Gasteiger partial charge in [-0.05, 0) is 31.4 Å². The highest BCUT2D eigenvalue weighted by molar-refractivity contribution is 5.74. The van der Waals surface area contributed by atoms with Crippen LogP contribution in [0.15, 0.2) is 24.3 Å². The highest BCUT2D eigenvalue weighted by Crippen LogP contribution is 2.16. The van der Waals surface area contributed by atoms with Crippen molar-refractivity contribution in [3.8, 4) is 5.75 Å². The van der Waals surface area contributed by atoms with E-state index in [1.165, 1.54) is 0 Å². The van der Waals surface area contributed by atoms with E-state index in [0.29, 0.717) is 24.0 Å². The van der Waals surface area contributed by atoms with Crippen LogP contribution in [-0.4, -0.2) is 18.7 Å². The first kappa shape index (κ1) is 14.4. The van der Waals surface area contributed by atoms with E-state index >= 15 is 0 Å². The smallest absolute Gasteiger partial charge is 0.347 e. The van der Waals surface area contributed by atoms with Crippen molar-refractivity contribution in [3.63, 3.8) is 0 Å². The molecule has 1 atom stereocenters. The molecule has 0 fully saturated rings. The molecule has 0 bridgehead atoms. The molecule has 0 saturated heterocycles. The number of anilines is 1. The van der Waals surface area contributed by atoms with Gasteiger partial charge in [-0.2, -0.15) is 0 Å². The van der Waals surface area contributed by atoms with Gasteiger partial charge < -0.3 is 15.2 Å². The Hall–Kier alpha value is -1.71. The van der Waals surface area contributed by atoms with E-state index in [2.05, 4.69) is 13.8 Å². The number of hydrogen-bond donors (Lipinski definition) is 1. The van der Waals surface area contributed by atoms with Gasteiger partial charge in [0, 0.05) is 11.8 Å². The number of hydrogen-bond acceptors (Lipinski definition) is 4. The lowest BCUT2D eigenvalue weighted by atomic mass is 10.1. The number of benzene rings is 1. The minimum Gasteiger partial charge on any atom is -0.479 e. The van der Waals surface area contributed by atoms with Gasteiger partial charge in [0.15, 0.2) is 6.10 Å². The molecule has 1 unspecified atom stereocenters. The Kier molecular flexibility index (Phi) is 5.49. The monoisotopic (exact) mass is 251 g/mol. The summed E-state index contributed by atoms with van der Waals surface area (Å²) >= 11 is 0. The summed E-state index contributed by atoms with van der Waals surface area (Å²) in [5.74, 6) is 0.740. The molecule has 1 rings (SSSR count). The second kappa shape index (κ2) is 6.89. The zero-order chi connectivity index (χ0) is 13.5. The second-order valence-corrected chi connectivity index (χ2v) is 4.68. The molecule has 0 heterocycles. The average Bonchev–Trinajstić information content (AvgIpc) is 2.28. The van der Waals surface area contributed by atoms with E-state index in [4.69, 9.17) is 15.2 Å². The van der Waals surface area contributed by atoms with Crippen LogP contribution in [0.2, 0.25) is 0 Å². The summed E-state index contributed by atoms with van der Waals surface area (Å²) in [6, 6.07) is 6.98. The number of nitrogen functional groups attached to an aromatic ring is 1. The van der Waals surface area contributed by atoms with Crippen molar-refractivity contribution in [1.82, 2.24) is 0 Å². The van der Waals surface area contributed by atoms with Gasteiger partial charge >= 0.3 is 5.97 Å². The van der Waals surface area contributed by atoms with Gasteiger partial charge in [-0.25, -0.2) is 4.79 Å². The van der Waals surface area contributed by atoms with Crippen LogP contribution in [0.5, 0.6) is 5.75 Å². The molecule has 0 aromatic heterocycles. The van der Waals surface area contributed by atoms with Crippen molar-refractivity contribution in [1.29, 1.82) is 0 Å². The van der Waals surface area contributed by atoms with E-state index < -0.39 is 6.10 Å². The molecule has 2 N–H and O–H groups in total. The predicted molar refractivity (Wildman–Crippen MR) is 71.4 cm³/mol. The van der Waals surface area contributed by atoms with E-state index in [9.17, 15) is 4.79 Å². The first-order valence-electron chi connectivity index (χ1n) is 6.18. The zero-order valence-electron chi connectivity index (χ0n) is 11.2. The molecule has 1 aromatic rings. The molecule has 0 amide bonds. The molecule has 100 valence electrons. The lowest BCUT2D eigenvalue weighted by molar-refractivity contribution is -0.151. The summed E-state index contributed by atoms with van der Waals surface area (Å²) in [6.07, 6.45) is 0.232. The normalized spacial score (nSPS) is 12.2. The number of ether oxygens (including phenoxy) is 2. The third-order valence-corrected chi connectivity index (χ3v) is 2.44. The number of nitrogens with two attached hydrogens (primary N) is 1. The van der Waals surface area contributed by atoms with Gasteiger partial charge in [-0.1, -0.05) is 19.9 Å². The van der Waals surface area contributed by atoms with Crippen molar-refractivity contribution in [2.45, 2.75) is 33.3 Å². The minimum atomic E-state index is -0.626. The van der Waals surface area contributed by atoms with Crippen molar-refractivity contribution >= 4 is 11.7 Å². The number of carbonyl (C=O) groups excluding carboxylic acids is 1. The van der Waals surface area contributed by atoms with Crippen LogP contribution in [0.1, 0.15) is 27.2 Å². The highest BCUT2D eigenvalue weighted by Gasteiger charge is 2.16. The van der Waals surface area contributed by atoms with Crippen LogP contribution < -0.4 is 10.5 Å². The van der Waals surface area contributed by atoms with E-state index in [1.54, 1.807) is 31.2 Å². The fraction of sp³-hybridized carbons (Fsp3) is 0.500. The molecule has 0 spiro atoms. The third kappa shape index (κ3) is 5.08. The van der Waals surface area contributed by atoms with Crippen molar-refractivity contribution in [2.24, 2.45) is 5.92 Å². The lowest BCUT2D eigenvalue weighted by Gasteiger charge is -2.14. The van der Waals surface area contributed by atoms with Gasteiger partial charge in [0.1, 0.15) is 5.75 Å². The summed E-state index contributed by atoms with van der Waals surface area (Å²) in [5.41, 5.74) is 6.23. The first-order chi connectivity index (χ1) is 8.49. The molecular weight excluding hydrogens is 230 g/mol. The summed E-state index contributed by atoms with van der Waals surface area (Å²) in [4.78, 5) is 11.6. The van der Waals surface area contributed by atoms with E-state index in [-0.39, 0.29) is 5.97 Å². The topological polar surface area (TPSA) is 61.5 Å². The molecule has 0 radical (unpaired) electrons. The fourth-order valence-corrected chi connectivity index (χ4v) is 1.35. The predicted octanol–water partition coefficient (Wildman–Crippen LogP) is 2.63. The van der Waals surface area contributed by atoms with Crippen LogP contribution in [0.25, 0.3) is 0 Å². The SMILES string of the molecule is CC(C)CCOC(=O)C(C)Oc1cccc(N)c1. The molecule has 1 aromatic carbocycles. The largest absolute Gasteiger partial charge is 0.479 e. The van der Waals surface area contributed by atoms with Crippen LogP contribution >= 0.6 is 0 Å². The Morgan fingerprint density at radius 2 is 2.06 bits per heavy atom. The number of esters is 1. The highest BCUT2D eigenvalue weighted by atomic mass is 16.6. The maximum atomic E-state index is 11.6. The quantitative estimate of drug-likeness (QED) is 0.623. The lowest BCUT2D eigenvalue weighted by Crippen LogP contribution is -2.26. The van der Waals surface area contributed by atoms with Crippen LogP contribution in [0.4, 0.5) is 5.69 Å². The summed E-state index contributed by atoms with van der Waals surface area (Å²) in [5, 5.41) is 0. The van der Waals surface area contributed by atoms with Crippen LogP contribution in [0.3, 0.4) is 0 Å². The number of rotatable bonds is 6. The minimum absolute atomic E-state index is 0.349. The van der Waals surface area contributed by atoms with Gasteiger partial charge in [0.25, 0.3) is 0 Å². The van der Waals surface area contributed by atoms with Gasteiger partial charge in [0.05, 0.1) is 6.61 Å². The molecule has 0 saturated carbocycles. The Bertz CT molecular complexity index is 390. The molecular formula is C14H21NO3. The summed E-state index contributed by atoms with van der Waals surface area (Å²) < 4.78 is 10.6. The molecule has 4 nitrogen and oxygen atoms in total. The third-order valence-electron chi connectivity index (χ3n) is 2.44. The van der Waals surface area contributed by atoms with E-state index in [0.717, 1.165) is 6.42 Å². The van der Waals surface area contributed by atoms with Crippen LogP contribution in [0, 0.1) is 5.92 Å². The fourth-order valence-electron chi connectivity index (χ4n) is 1.35. The summed E-state index contributed by atoms with van der Waals surface area (Å²) in [6.45, 7) is 6.27. The number of carbonyl (C=O) groups is 1. The van der Waals surface area contributed by atoms with Crippen molar-refractivity contribution < 1.29 is 14.3 Å². The van der Waals surface area contributed by atoms with Crippen molar-refractivity contribution in [2.75, 3.05) is 12.3 Å². The van der Waals surface area contributed by atoms with Gasteiger partial charge in [-0.15, -0.1) is 0 Å².